The van der Waals surface area contributed by atoms with Gasteiger partial charge < -0.3 is 0 Å². The van der Waals surface area contributed by atoms with Crippen molar-refractivity contribution in [2.45, 2.75) is 53.4 Å². The van der Waals surface area contributed by atoms with E-state index in [4.69, 9.17) is 10.1 Å². The Kier molecular flexibility index (Phi) is 4.83. The monoisotopic (exact) mass is 393 g/mol. The zero-order valence-corrected chi connectivity index (χ0v) is 18.3. The Hall–Kier alpha value is -2.47. The fraction of sp³-hybridized carbons (Fsp3) is 0.409. The van der Waals surface area contributed by atoms with E-state index in [1.807, 2.05) is 17.9 Å². The van der Waals surface area contributed by atoms with Crippen LogP contribution < -0.4 is 0 Å². The highest BCUT2D eigenvalue weighted by molar-refractivity contribution is 7.19. The Morgan fingerprint density at radius 1 is 1.11 bits per heavy atom. The van der Waals surface area contributed by atoms with Crippen LogP contribution in [0.1, 0.15) is 55.1 Å². The van der Waals surface area contributed by atoms with Crippen molar-refractivity contribution in [2.75, 3.05) is 0 Å². The van der Waals surface area contributed by atoms with Gasteiger partial charge in [0.05, 0.1) is 26.8 Å². The molecule has 4 aromatic heterocycles. The molecule has 4 rings (SSSR count). The van der Waals surface area contributed by atoms with Gasteiger partial charge in [-0.1, -0.05) is 13.8 Å². The lowest BCUT2D eigenvalue weighted by Crippen LogP contribution is -2.05. The molecule has 0 spiro atoms. The van der Waals surface area contributed by atoms with E-state index < -0.39 is 0 Å². The highest BCUT2D eigenvalue weighted by Crippen LogP contribution is 2.40. The largest absolute Gasteiger partial charge is 0.267 e. The highest BCUT2D eigenvalue weighted by atomic mass is 32.1. The molecule has 6 heteroatoms. The summed E-state index contributed by atoms with van der Waals surface area (Å²) in [5.74, 6) is 0.508. The molecule has 0 aliphatic carbocycles. The summed E-state index contributed by atoms with van der Waals surface area (Å²) in [6, 6.07) is 6.52. The lowest BCUT2D eigenvalue weighted by molar-refractivity contribution is 0.638. The Morgan fingerprint density at radius 3 is 2.50 bits per heavy atom. The Bertz CT molecular complexity index is 1140. The molecule has 28 heavy (non-hydrogen) atoms. The quantitative estimate of drug-likeness (QED) is 0.438. The molecule has 0 aliphatic rings. The number of hydrogen-bond acceptors (Lipinski definition) is 4. The number of nitrogens with zero attached hydrogens (tertiary/aromatic N) is 5. The van der Waals surface area contributed by atoms with Gasteiger partial charge in [-0.05, 0) is 63.3 Å². The molecular weight excluding hydrogens is 366 g/mol. The third-order valence-electron chi connectivity index (χ3n) is 5.54. The molecule has 0 unspecified atom stereocenters. The third-order valence-corrected chi connectivity index (χ3v) is 6.81. The maximum atomic E-state index is 4.97. The van der Waals surface area contributed by atoms with Crippen LogP contribution in [-0.4, -0.2) is 24.4 Å². The fourth-order valence-electron chi connectivity index (χ4n) is 4.03. The number of aromatic nitrogens is 5. The summed E-state index contributed by atoms with van der Waals surface area (Å²) in [6.07, 6.45) is 4.06. The summed E-state index contributed by atoms with van der Waals surface area (Å²) in [7, 11) is 1.98. The first-order valence-electron chi connectivity index (χ1n) is 9.90. The van der Waals surface area contributed by atoms with Gasteiger partial charge in [0.15, 0.2) is 5.65 Å². The molecule has 0 N–H and O–H groups in total. The average Bonchev–Trinajstić information content (AvgIpc) is 3.32. The predicted molar refractivity (Wildman–Crippen MR) is 116 cm³/mol. The zero-order chi connectivity index (χ0) is 20.0. The number of rotatable bonds is 5. The van der Waals surface area contributed by atoms with Crippen molar-refractivity contribution in [3.8, 4) is 21.1 Å². The van der Waals surface area contributed by atoms with Gasteiger partial charge in [0.2, 0.25) is 0 Å². The minimum atomic E-state index is 0.508. The highest BCUT2D eigenvalue weighted by Gasteiger charge is 2.22. The van der Waals surface area contributed by atoms with E-state index in [-0.39, 0.29) is 0 Å². The number of fused-ring (bicyclic) bond motifs is 1. The lowest BCUT2D eigenvalue weighted by atomic mass is 9.95. The Balaban J connectivity index is 1.94. The third kappa shape index (κ3) is 2.96. The molecule has 0 bridgehead atoms. The van der Waals surface area contributed by atoms with Crippen LogP contribution in [0.2, 0.25) is 0 Å². The standard InChI is InChI=1S/C22H27N5S/c1-7-16(8-2)17-12-14(4)25-27-20(15(5)24-22(17)27)21-13(3)11-19(28-21)18-9-10-23-26(18)6/h9-12,16H,7-8H2,1-6H3. The summed E-state index contributed by atoms with van der Waals surface area (Å²) in [5.41, 5.74) is 7.88. The van der Waals surface area contributed by atoms with Gasteiger partial charge in [0.25, 0.3) is 0 Å². The molecule has 0 aliphatic heterocycles. The van der Waals surface area contributed by atoms with Crippen LogP contribution >= 0.6 is 11.3 Å². The molecule has 146 valence electrons. The van der Waals surface area contributed by atoms with Crippen LogP contribution in [-0.2, 0) is 7.05 Å². The van der Waals surface area contributed by atoms with E-state index in [9.17, 15) is 0 Å². The second kappa shape index (κ2) is 7.17. The maximum Gasteiger partial charge on any atom is 0.158 e. The van der Waals surface area contributed by atoms with Crippen molar-refractivity contribution in [3.63, 3.8) is 0 Å². The summed E-state index contributed by atoms with van der Waals surface area (Å²) in [5, 5.41) is 9.18. The van der Waals surface area contributed by atoms with Gasteiger partial charge in [0, 0.05) is 18.8 Å². The first kappa shape index (κ1) is 18.9. The van der Waals surface area contributed by atoms with Crippen molar-refractivity contribution >= 4 is 17.0 Å². The number of imidazole rings is 1. The molecule has 4 heterocycles. The molecule has 4 aromatic rings. The van der Waals surface area contributed by atoms with E-state index >= 15 is 0 Å². The molecule has 0 saturated heterocycles. The Morgan fingerprint density at radius 2 is 1.86 bits per heavy atom. The summed E-state index contributed by atoms with van der Waals surface area (Å²) in [4.78, 5) is 7.42. The van der Waals surface area contributed by atoms with Crippen LogP contribution in [0.3, 0.4) is 0 Å². The minimum Gasteiger partial charge on any atom is -0.267 e. The smallest absolute Gasteiger partial charge is 0.158 e. The second-order valence-corrected chi connectivity index (χ2v) is 8.55. The lowest BCUT2D eigenvalue weighted by Gasteiger charge is -2.14. The van der Waals surface area contributed by atoms with E-state index in [2.05, 4.69) is 62.4 Å². The van der Waals surface area contributed by atoms with Crippen LogP contribution in [0.4, 0.5) is 0 Å². The molecule has 0 fully saturated rings. The summed E-state index contributed by atoms with van der Waals surface area (Å²) >= 11 is 1.79. The van der Waals surface area contributed by atoms with E-state index in [0.29, 0.717) is 5.92 Å². The van der Waals surface area contributed by atoms with Gasteiger partial charge in [-0.3, -0.25) is 4.68 Å². The molecule has 0 radical (unpaired) electrons. The van der Waals surface area contributed by atoms with Crippen molar-refractivity contribution in [1.82, 2.24) is 24.4 Å². The van der Waals surface area contributed by atoms with Gasteiger partial charge in [-0.15, -0.1) is 11.3 Å². The molecule has 0 aromatic carbocycles. The van der Waals surface area contributed by atoms with Crippen molar-refractivity contribution in [2.24, 2.45) is 7.05 Å². The van der Waals surface area contributed by atoms with Crippen molar-refractivity contribution < 1.29 is 0 Å². The second-order valence-electron chi connectivity index (χ2n) is 7.50. The summed E-state index contributed by atoms with van der Waals surface area (Å²) < 4.78 is 3.99. The predicted octanol–water partition coefficient (Wildman–Crippen LogP) is 5.69. The van der Waals surface area contributed by atoms with E-state index in [1.54, 1.807) is 11.3 Å². The minimum absolute atomic E-state index is 0.508. The van der Waals surface area contributed by atoms with Gasteiger partial charge >= 0.3 is 0 Å². The van der Waals surface area contributed by atoms with Crippen LogP contribution in [0.25, 0.3) is 26.8 Å². The first-order valence-corrected chi connectivity index (χ1v) is 10.7. The SMILES string of the molecule is CCC(CC)c1cc(C)nn2c(-c3sc(-c4ccnn4C)cc3C)c(C)nc12. The fourth-order valence-corrected chi connectivity index (χ4v) is 5.34. The number of hydrogen-bond donors (Lipinski definition) is 0. The van der Waals surface area contributed by atoms with Crippen LogP contribution in [0.15, 0.2) is 24.4 Å². The molecule has 0 amide bonds. The normalized spacial score (nSPS) is 11.8. The van der Waals surface area contributed by atoms with Gasteiger partial charge in [-0.25, -0.2) is 9.50 Å². The Labute approximate surface area is 170 Å². The maximum absolute atomic E-state index is 4.97. The number of aryl methyl sites for hydroxylation is 4. The topological polar surface area (TPSA) is 48.0 Å². The van der Waals surface area contributed by atoms with Gasteiger partial charge in [-0.2, -0.15) is 10.2 Å². The van der Waals surface area contributed by atoms with Crippen molar-refractivity contribution in [1.29, 1.82) is 0 Å². The average molecular weight is 394 g/mol. The molecule has 5 nitrogen and oxygen atoms in total. The zero-order valence-electron chi connectivity index (χ0n) is 17.4. The molecule has 0 saturated carbocycles. The first-order chi connectivity index (χ1) is 13.4. The molecular formula is C22H27N5S. The van der Waals surface area contributed by atoms with E-state index in [1.165, 1.54) is 20.9 Å². The van der Waals surface area contributed by atoms with Crippen LogP contribution in [0.5, 0.6) is 0 Å². The number of thiophene rings is 1. The van der Waals surface area contributed by atoms with Crippen LogP contribution in [0, 0.1) is 20.8 Å². The van der Waals surface area contributed by atoms with Crippen molar-refractivity contribution in [3.05, 3.63) is 46.9 Å². The molecule has 0 atom stereocenters. The van der Waals surface area contributed by atoms with Gasteiger partial charge in [0.1, 0.15) is 5.69 Å². The van der Waals surface area contributed by atoms with E-state index in [0.717, 1.165) is 41.3 Å². The summed E-state index contributed by atoms with van der Waals surface area (Å²) in [6.45, 7) is 10.8.